The summed E-state index contributed by atoms with van der Waals surface area (Å²) in [5.74, 6) is 0.781. The molecule has 0 aliphatic carbocycles. The van der Waals surface area contributed by atoms with E-state index in [-0.39, 0.29) is 12.4 Å². The molecular weight excluding hydrogens is 360 g/mol. The highest BCUT2D eigenvalue weighted by Gasteiger charge is 2.25. The molecule has 0 bridgehead atoms. The van der Waals surface area contributed by atoms with Gasteiger partial charge >= 0.3 is 0 Å². The van der Waals surface area contributed by atoms with Crippen LogP contribution in [0.5, 0.6) is 5.75 Å². The highest BCUT2D eigenvalue weighted by atomic mass is 35.5. The van der Waals surface area contributed by atoms with Crippen LogP contribution < -0.4 is 10.5 Å². The van der Waals surface area contributed by atoms with Gasteiger partial charge in [-0.05, 0) is 35.7 Å². The largest absolute Gasteiger partial charge is 0.493 e. The number of benzene rings is 2. The maximum absolute atomic E-state index is 13.0. The number of halogens is 1. The fourth-order valence-electron chi connectivity index (χ4n) is 2.87. The molecule has 1 aliphatic rings. The van der Waals surface area contributed by atoms with E-state index in [1.54, 1.807) is 18.2 Å². The van der Waals surface area contributed by atoms with E-state index in [1.165, 1.54) is 4.31 Å². The van der Waals surface area contributed by atoms with Crippen LogP contribution in [0.1, 0.15) is 11.1 Å². The van der Waals surface area contributed by atoms with Gasteiger partial charge in [-0.1, -0.05) is 30.3 Å². The second-order valence-corrected chi connectivity index (χ2v) is 7.73. The minimum atomic E-state index is -3.56. The number of sulfonamides is 1. The minimum Gasteiger partial charge on any atom is -0.493 e. The number of hydrogen-bond acceptors (Lipinski definition) is 4. The minimum absolute atomic E-state index is 0. The number of hydrogen-bond donors (Lipinski definition) is 1. The summed E-state index contributed by atoms with van der Waals surface area (Å²) in [7, 11) is -3.56. The van der Waals surface area contributed by atoms with E-state index >= 15 is 0 Å². The molecule has 2 aromatic rings. The SMILES string of the molecule is Cl.NCCN(CCc1ccccc1)S(=O)(=O)c1ccc2c(c1)CCO2. The molecule has 1 heterocycles. The van der Waals surface area contributed by atoms with E-state index in [2.05, 4.69) is 0 Å². The summed E-state index contributed by atoms with van der Waals surface area (Å²) >= 11 is 0. The van der Waals surface area contributed by atoms with Crippen molar-refractivity contribution in [1.82, 2.24) is 4.31 Å². The van der Waals surface area contributed by atoms with Gasteiger partial charge in [0, 0.05) is 26.1 Å². The first-order valence-electron chi connectivity index (χ1n) is 8.11. The summed E-state index contributed by atoms with van der Waals surface area (Å²) in [6.07, 6.45) is 1.41. The summed E-state index contributed by atoms with van der Waals surface area (Å²) in [5.41, 5.74) is 7.70. The molecule has 7 heteroatoms. The van der Waals surface area contributed by atoms with Crippen molar-refractivity contribution in [3.63, 3.8) is 0 Å². The quantitative estimate of drug-likeness (QED) is 0.797. The van der Waals surface area contributed by atoms with Gasteiger partial charge in [0.1, 0.15) is 5.75 Å². The lowest BCUT2D eigenvalue weighted by Gasteiger charge is -2.22. The Bertz CT molecular complexity index is 797. The van der Waals surface area contributed by atoms with Crippen molar-refractivity contribution < 1.29 is 13.2 Å². The maximum Gasteiger partial charge on any atom is 0.243 e. The lowest BCUT2D eigenvalue weighted by atomic mass is 10.1. The van der Waals surface area contributed by atoms with Gasteiger partial charge in [-0.3, -0.25) is 0 Å². The molecule has 25 heavy (non-hydrogen) atoms. The lowest BCUT2D eigenvalue weighted by Crippen LogP contribution is -2.37. The topological polar surface area (TPSA) is 72.6 Å². The second-order valence-electron chi connectivity index (χ2n) is 5.80. The van der Waals surface area contributed by atoms with Crippen LogP contribution in [-0.4, -0.2) is 39.0 Å². The predicted molar refractivity (Wildman–Crippen MR) is 101 cm³/mol. The van der Waals surface area contributed by atoms with Crippen LogP contribution in [0.3, 0.4) is 0 Å². The van der Waals surface area contributed by atoms with Gasteiger partial charge in [-0.25, -0.2) is 8.42 Å². The van der Waals surface area contributed by atoms with E-state index in [9.17, 15) is 8.42 Å². The van der Waals surface area contributed by atoms with Crippen LogP contribution in [0.2, 0.25) is 0 Å². The van der Waals surface area contributed by atoms with Crippen molar-refractivity contribution in [2.45, 2.75) is 17.7 Å². The van der Waals surface area contributed by atoms with Gasteiger partial charge in [0.25, 0.3) is 0 Å². The summed E-state index contributed by atoms with van der Waals surface area (Å²) in [4.78, 5) is 0.313. The molecule has 2 N–H and O–H groups in total. The van der Waals surface area contributed by atoms with Crippen LogP contribution in [0.15, 0.2) is 53.4 Å². The van der Waals surface area contributed by atoms with Gasteiger partial charge in [-0.15, -0.1) is 12.4 Å². The Morgan fingerprint density at radius 2 is 1.84 bits per heavy atom. The third-order valence-corrected chi connectivity index (χ3v) is 6.06. The zero-order valence-electron chi connectivity index (χ0n) is 13.9. The molecule has 136 valence electrons. The first-order valence-corrected chi connectivity index (χ1v) is 9.55. The molecular formula is C18H23ClN2O3S. The molecule has 3 rings (SSSR count). The molecule has 0 radical (unpaired) electrons. The van der Waals surface area contributed by atoms with Crippen molar-refractivity contribution in [2.75, 3.05) is 26.2 Å². The summed E-state index contributed by atoms with van der Waals surface area (Å²) in [5, 5.41) is 0. The summed E-state index contributed by atoms with van der Waals surface area (Å²) in [6.45, 7) is 1.63. The van der Waals surface area contributed by atoms with Gasteiger partial charge < -0.3 is 10.5 Å². The Morgan fingerprint density at radius 1 is 1.08 bits per heavy atom. The fraction of sp³-hybridized carbons (Fsp3) is 0.333. The first kappa shape index (κ1) is 19.7. The average molecular weight is 383 g/mol. The Labute approximate surface area is 155 Å². The van der Waals surface area contributed by atoms with Gasteiger partial charge in [-0.2, -0.15) is 4.31 Å². The zero-order chi connectivity index (χ0) is 17.0. The molecule has 5 nitrogen and oxygen atoms in total. The number of rotatable bonds is 7. The Balaban J connectivity index is 0.00000225. The summed E-state index contributed by atoms with van der Waals surface area (Å²) in [6, 6.07) is 14.9. The highest BCUT2D eigenvalue weighted by Crippen LogP contribution is 2.28. The normalized spacial score (nSPS) is 13.2. The van der Waals surface area contributed by atoms with Crippen LogP contribution in [0, 0.1) is 0 Å². The molecule has 0 aromatic heterocycles. The maximum atomic E-state index is 13.0. The highest BCUT2D eigenvalue weighted by molar-refractivity contribution is 7.89. The molecule has 0 saturated carbocycles. The Kier molecular flexibility index (Phi) is 6.84. The predicted octanol–water partition coefficient (Wildman–Crippen LogP) is 2.24. The van der Waals surface area contributed by atoms with Crippen LogP contribution in [0.4, 0.5) is 0 Å². The molecule has 0 spiro atoms. The first-order chi connectivity index (χ1) is 11.6. The number of nitrogens with zero attached hydrogens (tertiary/aromatic N) is 1. The van der Waals surface area contributed by atoms with Crippen molar-refractivity contribution in [2.24, 2.45) is 5.73 Å². The van der Waals surface area contributed by atoms with E-state index in [0.29, 0.717) is 37.6 Å². The molecule has 0 atom stereocenters. The average Bonchev–Trinajstić information content (AvgIpc) is 3.07. The molecule has 0 fully saturated rings. The molecule has 0 saturated heterocycles. The third kappa shape index (κ3) is 4.52. The Hall–Kier alpha value is -1.60. The van der Waals surface area contributed by atoms with E-state index in [4.69, 9.17) is 10.5 Å². The number of ether oxygens (including phenoxy) is 1. The van der Waals surface area contributed by atoms with Crippen molar-refractivity contribution in [3.8, 4) is 5.75 Å². The van der Waals surface area contributed by atoms with Crippen LogP contribution in [-0.2, 0) is 22.9 Å². The Morgan fingerprint density at radius 3 is 2.56 bits per heavy atom. The van der Waals surface area contributed by atoms with Crippen LogP contribution in [0.25, 0.3) is 0 Å². The fourth-order valence-corrected chi connectivity index (χ4v) is 4.37. The van der Waals surface area contributed by atoms with Crippen molar-refractivity contribution in [1.29, 1.82) is 0 Å². The molecule has 0 unspecified atom stereocenters. The molecule has 1 aliphatic heterocycles. The molecule has 2 aromatic carbocycles. The van der Waals surface area contributed by atoms with Gasteiger partial charge in [0.05, 0.1) is 11.5 Å². The number of nitrogens with two attached hydrogens (primary N) is 1. The van der Waals surface area contributed by atoms with Gasteiger partial charge in [0.2, 0.25) is 10.0 Å². The van der Waals surface area contributed by atoms with Crippen molar-refractivity contribution >= 4 is 22.4 Å². The summed E-state index contributed by atoms with van der Waals surface area (Å²) < 4.78 is 32.9. The molecule has 0 amide bonds. The van der Waals surface area contributed by atoms with E-state index in [0.717, 1.165) is 23.3 Å². The van der Waals surface area contributed by atoms with Crippen LogP contribution >= 0.6 is 12.4 Å². The van der Waals surface area contributed by atoms with Crippen molar-refractivity contribution in [3.05, 3.63) is 59.7 Å². The van der Waals surface area contributed by atoms with Gasteiger partial charge in [0.15, 0.2) is 0 Å². The lowest BCUT2D eigenvalue weighted by molar-refractivity contribution is 0.356. The smallest absolute Gasteiger partial charge is 0.243 e. The standard InChI is InChI=1S/C18H22N2O3S.ClH/c19-10-12-20(11-8-15-4-2-1-3-5-15)24(21,22)17-6-7-18-16(14-17)9-13-23-18;/h1-7,14H,8-13,19H2;1H. The monoisotopic (exact) mass is 382 g/mol. The number of fused-ring (bicyclic) bond motifs is 1. The van der Waals surface area contributed by atoms with E-state index < -0.39 is 10.0 Å². The second kappa shape index (κ2) is 8.67. The third-order valence-electron chi connectivity index (χ3n) is 4.17. The zero-order valence-corrected chi connectivity index (χ0v) is 15.6. The van der Waals surface area contributed by atoms with E-state index in [1.807, 2.05) is 30.3 Å².